The molecule has 1 aliphatic rings. The molecule has 0 aromatic carbocycles. The number of rotatable bonds is 5. The smallest absolute Gasteiger partial charge is 0.343 e. The number of anilines is 1. The van der Waals surface area contributed by atoms with Gasteiger partial charge in [0.25, 0.3) is 0 Å². The molecule has 0 amide bonds. The second-order valence-electron chi connectivity index (χ2n) is 4.83. The first-order valence-corrected chi connectivity index (χ1v) is 8.50. The lowest BCUT2D eigenvalue weighted by atomic mass is 10.1. The minimum absolute atomic E-state index is 0.199. The molecule has 0 atom stereocenters. The summed E-state index contributed by atoms with van der Waals surface area (Å²) in [5.41, 5.74) is 6.77. The van der Waals surface area contributed by atoms with Gasteiger partial charge in [0.2, 0.25) is 0 Å². The van der Waals surface area contributed by atoms with Crippen LogP contribution < -0.4 is 10.6 Å². The van der Waals surface area contributed by atoms with Crippen molar-refractivity contribution in [3.63, 3.8) is 0 Å². The molecule has 6 nitrogen and oxygen atoms in total. The Balaban J connectivity index is 2.49. The molecule has 21 heavy (non-hydrogen) atoms. The first kappa shape index (κ1) is 16.0. The maximum Gasteiger partial charge on any atom is 0.343 e. The maximum atomic E-state index is 12.3. The number of ether oxygens (including phenoxy) is 1. The van der Waals surface area contributed by atoms with Gasteiger partial charge in [-0.25, -0.2) is 14.8 Å². The Kier molecular flexibility index (Phi) is 5.81. The Morgan fingerprint density at radius 2 is 2.05 bits per heavy atom. The van der Waals surface area contributed by atoms with Gasteiger partial charge in [0.05, 0.1) is 12.3 Å². The van der Waals surface area contributed by atoms with Crippen molar-refractivity contribution in [3.05, 3.63) is 11.3 Å². The van der Waals surface area contributed by atoms with Gasteiger partial charge in [-0.1, -0.05) is 11.8 Å². The van der Waals surface area contributed by atoms with Crippen LogP contribution in [0.3, 0.4) is 0 Å². The fourth-order valence-corrected chi connectivity index (χ4v) is 2.84. The highest BCUT2D eigenvalue weighted by molar-refractivity contribution is 7.98. The van der Waals surface area contributed by atoms with Crippen LogP contribution in [0.2, 0.25) is 0 Å². The quantitative estimate of drug-likeness (QED) is 0.504. The van der Waals surface area contributed by atoms with Crippen molar-refractivity contribution in [1.82, 2.24) is 9.97 Å². The third-order valence-corrected chi connectivity index (χ3v) is 4.00. The molecular weight excluding hydrogens is 288 g/mol. The van der Waals surface area contributed by atoms with Crippen molar-refractivity contribution in [3.8, 4) is 0 Å². The molecule has 2 N–H and O–H groups in total. The van der Waals surface area contributed by atoms with Crippen LogP contribution in [-0.2, 0) is 11.3 Å². The number of carbonyl (C=O) groups is 1. The van der Waals surface area contributed by atoms with Gasteiger partial charge < -0.3 is 15.4 Å². The summed E-state index contributed by atoms with van der Waals surface area (Å²) >= 11 is 1.45. The zero-order chi connectivity index (χ0) is 15.2. The Morgan fingerprint density at radius 1 is 1.33 bits per heavy atom. The van der Waals surface area contributed by atoms with Crippen LogP contribution in [0.5, 0.6) is 0 Å². The van der Waals surface area contributed by atoms with E-state index in [4.69, 9.17) is 10.5 Å². The number of aromatic nitrogens is 2. The van der Waals surface area contributed by atoms with Crippen molar-refractivity contribution >= 4 is 23.5 Å². The highest BCUT2D eigenvalue weighted by Gasteiger charge is 2.26. The summed E-state index contributed by atoms with van der Waals surface area (Å²) in [7, 11) is 0. The van der Waals surface area contributed by atoms with Gasteiger partial charge in [-0.05, 0) is 32.4 Å². The lowest BCUT2D eigenvalue weighted by Gasteiger charge is -2.29. The van der Waals surface area contributed by atoms with Crippen molar-refractivity contribution in [2.24, 2.45) is 5.73 Å². The first-order chi connectivity index (χ1) is 10.2. The van der Waals surface area contributed by atoms with Crippen LogP contribution in [0.15, 0.2) is 5.16 Å². The van der Waals surface area contributed by atoms with Gasteiger partial charge in [-0.3, -0.25) is 0 Å². The predicted octanol–water partition coefficient (Wildman–Crippen LogP) is 1.82. The van der Waals surface area contributed by atoms with Crippen LogP contribution in [0.1, 0.15) is 42.2 Å². The van der Waals surface area contributed by atoms with Gasteiger partial charge in [0, 0.05) is 19.6 Å². The Hall–Kier alpha value is -1.34. The summed E-state index contributed by atoms with van der Waals surface area (Å²) in [6.45, 7) is 4.12. The molecule has 0 spiro atoms. The Labute approximate surface area is 129 Å². The average molecular weight is 310 g/mol. The van der Waals surface area contributed by atoms with Crippen LogP contribution in [-0.4, -0.2) is 41.9 Å². The SMILES string of the molecule is CCOC(=O)c1c(CN)nc(SC)nc1N1CCCCC1. The average Bonchev–Trinajstić information content (AvgIpc) is 2.54. The topological polar surface area (TPSA) is 81.3 Å². The van der Waals surface area contributed by atoms with Crippen molar-refractivity contribution in [2.45, 2.75) is 37.9 Å². The summed E-state index contributed by atoms with van der Waals surface area (Å²) in [6.07, 6.45) is 5.35. The molecule has 2 rings (SSSR count). The molecule has 1 saturated heterocycles. The largest absolute Gasteiger partial charge is 0.462 e. The summed E-state index contributed by atoms with van der Waals surface area (Å²) in [5, 5.41) is 0.643. The van der Waals surface area contributed by atoms with E-state index >= 15 is 0 Å². The molecule has 1 fully saturated rings. The molecule has 0 aliphatic carbocycles. The minimum Gasteiger partial charge on any atom is -0.462 e. The number of piperidine rings is 1. The number of nitrogens with two attached hydrogens (primary N) is 1. The second kappa shape index (κ2) is 7.61. The van der Waals surface area contributed by atoms with Gasteiger partial charge in [0.15, 0.2) is 5.16 Å². The van der Waals surface area contributed by atoms with Crippen molar-refractivity contribution in [1.29, 1.82) is 0 Å². The molecule has 0 saturated carbocycles. The molecular formula is C14H22N4O2S. The van der Waals surface area contributed by atoms with Crippen LogP contribution in [0.4, 0.5) is 5.82 Å². The molecule has 1 aromatic rings. The monoisotopic (exact) mass is 310 g/mol. The van der Waals surface area contributed by atoms with Crippen molar-refractivity contribution < 1.29 is 9.53 Å². The lowest BCUT2D eigenvalue weighted by molar-refractivity contribution is 0.0524. The number of nitrogens with zero attached hydrogens (tertiary/aromatic N) is 3. The second-order valence-corrected chi connectivity index (χ2v) is 5.60. The Morgan fingerprint density at radius 3 is 2.62 bits per heavy atom. The number of hydrogen-bond acceptors (Lipinski definition) is 7. The normalized spacial score (nSPS) is 15.1. The number of hydrogen-bond donors (Lipinski definition) is 1. The first-order valence-electron chi connectivity index (χ1n) is 7.28. The zero-order valence-electron chi connectivity index (χ0n) is 12.6. The van der Waals surface area contributed by atoms with Crippen molar-refractivity contribution in [2.75, 3.05) is 30.9 Å². The van der Waals surface area contributed by atoms with Crippen LogP contribution in [0.25, 0.3) is 0 Å². The van der Waals surface area contributed by atoms with E-state index in [9.17, 15) is 4.79 Å². The van der Waals surface area contributed by atoms with Gasteiger partial charge >= 0.3 is 5.97 Å². The summed E-state index contributed by atoms with van der Waals surface area (Å²) < 4.78 is 5.17. The van der Waals surface area contributed by atoms with Gasteiger partial charge in [0.1, 0.15) is 11.4 Å². The van der Waals surface area contributed by atoms with Gasteiger partial charge in [-0.2, -0.15) is 0 Å². The van der Waals surface area contributed by atoms with E-state index in [0.29, 0.717) is 28.8 Å². The molecule has 0 bridgehead atoms. The number of thioether (sulfide) groups is 1. The highest BCUT2D eigenvalue weighted by Crippen LogP contribution is 2.27. The highest BCUT2D eigenvalue weighted by atomic mass is 32.2. The summed E-state index contributed by atoms with van der Waals surface area (Å²) in [5.74, 6) is 0.291. The van der Waals surface area contributed by atoms with E-state index in [2.05, 4.69) is 14.9 Å². The molecule has 1 aliphatic heterocycles. The van der Waals surface area contributed by atoms with E-state index in [0.717, 1.165) is 25.9 Å². The van der Waals surface area contributed by atoms with E-state index in [-0.39, 0.29) is 12.5 Å². The molecule has 7 heteroatoms. The summed E-state index contributed by atoms with van der Waals surface area (Å²) in [6, 6.07) is 0. The minimum atomic E-state index is -0.383. The molecule has 0 radical (unpaired) electrons. The zero-order valence-corrected chi connectivity index (χ0v) is 13.4. The lowest BCUT2D eigenvalue weighted by Crippen LogP contribution is -2.33. The Bertz CT molecular complexity index is 504. The maximum absolute atomic E-state index is 12.3. The van der Waals surface area contributed by atoms with Crippen LogP contribution in [0, 0.1) is 0 Å². The van der Waals surface area contributed by atoms with E-state index in [1.165, 1.54) is 18.2 Å². The van der Waals surface area contributed by atoms with E-state index in [1.54, 1.807) is 6.92 Å². The predicted molar refractivity (Wildman–Crippen MR) is 83.7 cm³/mol. The number of carbonyl (C=O) groups excluding carboxylic acids is 1. The van der Waals surface area contributed by atoms with E-state index < -0.39 is 0 Å². The fraction of sp³-hybridized carbons (Fsp3) is 0.643. The van der Waals surface area contributed by atoms with E-state index in [1.807, 2.05) is 6.26 Å². The third-order valence-electron chi connectivity index (χ3n) is 3.46. The molecule has 116 valence electrons. The van der Waals surface area contributed by atoms with Gasteiger partial charge in [-0.15, -0.1) is 0 Å². The molecule has 1 aromatic heterocycles. The molecule has 2 heterocycles. The number of esters is 1. The summed E-state index contributed by atoms with van der Waals surface area (Å²) in [4.78, 5) is 23.4. The fourth-order valence-electron chi connectivity index (χ4n) is 2.46. The third kappa shape index (κ3) is 3.65. The standard InChI is InChI=1S/C14H22N4O2S/c1-3-20-13(19)11-10(9-15)16-14(21-2)17-12(11)18-7-5-4-6-8-18/h3-9,15H2,1-2H3. The van der Waals surface area contributed by atoms with Crippen LogP contribution >= 0.6 is 11.8 Å². The molecule has 0 unspecified atom stereocenters.